The topological polar surface area (TPSA) is 99.5 Å². The van der Waals surface area contributed by atoms with Crippen LogP contribution in [-0.2, 0) is 11.4 Å². The van der Waals surface area contributed by atoms with E-state index in [0.29, 0.717) is 60.0 Å². The second-order valence-electron chi connectivity index (χ2n) is 8.89. The lowest BCUT2D eigenvalue weighted by atomic mass is 9.94. The molecule has 4 aromatic rings. The SMILES string of the molecule is CCOc1ccccc1NC(=O)C1=C(C)Nc2ncnn2C1c1ccc(OCc2ccccc2)c(OCC)c1. The lowest BCUT2D eigenvalue weighted by Gasteiger charge is -2.29. The molecule has 1 atom stereocenters. The first-order valence-corrected chi connectivity index (χ1v) is 12.9. The summed E-state index contributed by atoms with van der Waals surface area (Å²) < 4.78 is 19.5. The van der Waals surface area contributed by atoms with Crippen LogP contribution in [0.25, 0.3) is 0 Å². The van der Waals surface area contributed by atoms with Crippen LogP contribution < -0.4 is 24.8 Å². The van der Waals surface area contributed by atoms with Crippen LogP contribution in [0.1, 0.15) is 37.9 Å². The Morgan fingerprint density at radius 2 is 1.67 bits per heavy atom. The summed E-state index contributed by atoms with van der Waals surface area (Å²) in [5, 5.41) is 10.7. The Hall–Kier alpha value is -4.79. The molecule has 9 heteroatoms. The number of para-hydroxylation sites is 2. The summed E-state index contributed by atoms with van der Waals surface area (Å²) in [5.74, 6) is 2.08. The van der Waals surface area contributed by atoms with Crippen LogP contribution in [0.4, 0.5) is 11.6 Å². The molecule has 1 unspecified atom stereocenters. The number of hydrogen-bond donors (Lipinski definition) is 2. The highest BCUT2D eigenvalue weighted by molar-refractivity contribution is 6.06. The second-order valence-corrected chi connectivity index (χ2v) is 8.89. The fourth-order valence-corrected chi connectivity index (χ4v) is 4.55. The molecule has 0 bridgehead atoms. The number of benzene rings is 3. The number of amides is 1. The van der Waals surface area contributed by atoms with Crippen LogP contribution in [0.2, 0.25) is 0 Å². The first-order valence-electron chi connectivity index (χ1n) is 12.9. The number of hydrogen-bond acceptors (Lipinski definition) is 7. The van der Waals surface area contributed by atoms with Crippen molar-refractivity contribution in [1.82, 2.24) is 14.8 Å². The van der Waals surface area contributed by atoms with Crippen molar-refractivity contribution in [1.29, 1.82) is 0 Å². The maximum absolute atomic E-state index is 13.8. The molecule has 9 nitrogen and oxygen atoms in total. The molecule has 0 saturated carbocycles. The van der Waals surface area contributed by atoms with Gasteiger partial charge in [-0.2, -0.15) is 10.1 Å². The summed E-state index contributed by atoms with van der Waals surface area (Å²) in [6.07, 6.45) is 1.47. The Kier molecular flexibility index (Phi) is 7.77. The summed E-state index contributed by atoms with van der Waals surface area (Å²) in [6.45, 7) is 7.04. The molecule has 1 amide bonds. The zero-order chi connectivity index (χ0) is 27.2. The molecule has 200 valence electrons. The number of aromatic nitrogens is 3. The van der Waals surface area contributed by atoms with E-state index in [1.54, 1.807) is 4.68 Å². The van der Waals surface area contributed by atoms with Gasteiger partial charge in [-0.1, -0.05) is 48.5 Å². The number of carbonyl (C=O) groups is 1. The average Bonchev–Trinajstić information content (AvgIpc) is 3.41. The normalized spacial score (nSPS) is 14.3. The molecule has 1 aliphatic heterocycles. The summed E-state index contributed by atoms with van der Waals surface area (Å²) in [4.78, 5) is 18.1. The number of nitrogens with one attached hydrogen (secondary N) is 2. The third-order valence-electron chi connectivity index (χ3n) is 6.29. The van der Waals surface area contributed by atoms with Gasteiger partial charge in [-0.3, -0.25) is 4.79 Å². The number of ether oxygens (including phenoxy) is 3. The van der Waals surface area contributed by atoms with Gasteiger partial charge in [-0.25, -0.2) is 4.68 Å². The molecule has 0 radical (unpaired) electrons. The highest BCUT2D eigenvalue weighted by Gasteiger charge is 2.34. The zero-order valence-corrected chi connectivity index (χ0v) is 22.2. The monoisotopic (exact) mass is 525 g/mol. The van der Waals surface area contributed by atoms with E-state index in [1.807, 2.05) is 93.6 Å². The van der Waals surface area contributed by atoms with Gasteiger partial charge >= 0.3 is 0 Å². The van der Waals surface area contributed by atoms with Gasteiger partial charge in [0.15, 0.2) is 11.5 Å². The van der Waals surface area contributed by atoms with Crippen LogP contribution in [0.5, 0.6) is 17.2 Å². The largest absolute Gasteiger partial charge is 0.492 e. The summed E-state index contributed by atoms with van der Waals surface area (Å²) in [7, 11) is 0. The molecule has 5 rings (SSSR count). The van der Waals surface area contributed by atoms with Gasteiger partial charge in [-0.05, 0) is 56.2 Å². The lowest BCUT2D eigenvalue weighted by Crippen LogP contribution is -2.31. The van der Waals surface area contributed by atoms with Gasteiger partial charge in [0.05, 0.1) is 24.5 Å². The number of nitrogens with zero attached hydrogens (tertiary/aromatic N) is 3. The molecule has 3 aromatic carbocycles. The van der Waals surface area contributed by atoms with Gasteiger partial charge in [-0.15, -0.1) is 0 Å². The van der Waals surface area contributed by atoms with E-state index in [4.69, 9.17) is 14.2 Å². The molecule has 2 N–H and O–H groups in total. The molecule has 0 saturated heterocycles. The van der Waals surface area contributed by atoms with E-state index in [9.17, 15) is 4.79 Å². The van der Waals surface area contributed by atoms with Crippen LogP contribution in [0, 0.1) is 0 Å². The average molecular weight is 526 g/mol. The third-order valence-corrected chi connectivity index (χ3v) is 6.29. The predicted molar refractivity (Wildman–Crippen MR) is 149 cm³/mol. The van der Waals surface area contributed by atoms with Crippen molar-refractivity contribution < 1.29 is 19.0 Å². The maximum atomic E-state index is 13.8. The minimum atomic E-state index is -0.551. The standard InChI is InChI=1S/C30H31N5O4/c1-4-37-24-14-10-9-13-23(24)34-29(36)27-20(3)33-30-31-19-32-35(30)28(27)22-15-16-25(26(17-22)38-5-2)39-18-21-11-7-6-8-12-21/h6-17,19,28H,4-5,18H2,1-3H3,(H,34,36)(H,31,32,33). The van der Waals surface area contributed by atoms with E-state index in [2.05, 4.69) is 20.7 Å². The molecule has 2 heterocycles. The molecular weight excluding hydrogens is 494 g/mol. The minimum absolute atomic E-state index is 0.277. The smallest absolute Gasteiger partial charge is 0.255 e. The van der Waals surface area contributed by atoms with E-state index in [1.165, 1.54) is 6.33 Å². The van der Waals surface area contributed by atoms with E-state index < -0.39 is 6.04 Å². The Bertz CT molecular complexity index is 1480. The number of carbonyl (C=O) groups excluding carboxylic acids is 1. The Morgan fingerprint density at radius 1 is 0.923 bits per heavy atom. The molecular formula is C30H31N5O4. The van der Waals surface area contributed by atoms with Gasteiger partial charge in [0, 0.05) is 5.70 Å². The van der Waals surface area contributed by atoms with Crippen molar-refractivity contribution in [3.05, 3.63) is 102 Å². The molecule has 0 fully saturated rings. The van der Waals surface area contributed by atoms with Crippen molar-refractivity contribution >= 4 is 17.5 Å². The number of allylic oxidation sites excluding steroid dienone is 1. The summed E-state index contributed by atoms with van der Waals surface area (Å²) in [5.41, 5.74) is 3.63. The molecule has 0 spiro atoms. The maximum Gasteiger partial charge on any atom is 0.255 e. The lowest BCUT2D eigenvalue weighted by molar-refractivity contribution is -0.113. The summed E-state index contributed by atoms with van der Waals surface area (Å²) >= 11 is 0. The van der Waals surface area contributed by atoms with Crippen molar-refractivity contribution in [2.45, 2.75) is 33.4 Å². The first-order chi connectivity index (χ1) is 19.1. The van der Waals surface area contributed by atoms with Gasteiger partial charge in [0.2, 0.25) is 5.95 Å². The van der Waals surface area contributed by atoms with Crippen molar-refractivity contribution in [2.75, 3.05) is 23.8 Å². The predicted octanol–water partition coefficient (Wildman–Crippen LogP) is 5.58. The summed E-state index contributed by atoms with van der Waals surface area (Å²) in [6, 6.07) is 22.5. The van der Waals surface area contributed by atoms with E-state index in [0.717, 1.165) is 11.1 Å². The van der Waals surface area contributed by atoms with Crippen molar-refractivity contribution in [3.8, 4) is 17.2 Å². The van der Waals surface area contributed by atoms with Crippen molar-refractivity contribution in [3.63, 3.8) is 0 Å². The Morgan fingerprint density at radius 3 is 2.46 bits per heavy atom. The fraction of sp³-hybridized carbons (Fsp3) is 0.233. The molecule has 0 aliphatic carbocycles. The number of rotatable bonds is 10. The Labute approximate surface area is 227 Å². The van der Waals surface area contributed by atoms with Crippen molar-refractivity contribution in [2.24, 2.45) is 0 Å². The zero-order valence-electron chi connectivity index (χ0n) is 22.2. The van der Waals surface area contributed by atoms with Gasteiger partial charge in [0.25, 0.3) is 5.91 Å². The van der Waals surface area contributed by atoms with E-state index >= 15 is 0 Å². The van der Waals surface area contributed by atoms with E-state index in [-0.39, 0.29) is 5.91 Å². The molecule has 39 heavy (non-hydrogen) atoms. The quantitative estimate of drug-likeness (QED) is 0.279. The van der Waals surface area contributed by atoms with Crippen LogP contribution in [0.15, 0.2) is 90.4 Å². The molecule has 1 aromatic heterocycles. The second kappa shape index (κ2) is 11.7. The number of fused-ring (bicyclic) bond motifs is 1. The van der Waals surface area contributed by atoms with Crippen LogP contribution in [-0.4, -0.2) is 33.9 Å². The highest BCUT2D eigenvalue weighted by atomic mass is 16.5. The number of anilines is 2. The minimum Gasteiger partial charge on any atom is -0.492 e. The highest BCUT2D eigenvalue weighted by Crippen LogP contribution is 2.39. The van der Waals surface area contributed by atoms with Crippen LogP contribution in [0.3, 0.4) is 0 Å². The molecule has 1 aliphatic rings. The van der Waals surface area contributed by atoms with Gasteiger partial charge < -0.3 is 24.8 Å². The fourth-order valence-electron chi connectivity index (χ4n) is 4.55. The van der Waals surface area contributed by atoms with Gasteiger partial charge in [0.1, 0.15) is 24.7 Å². The first kappa shape index (κ1) is 25.8. The Balaban J connectivity index is 1.49. The van der Waals surface area contributed by atoms with Crippen LogP contribution >= 0.6 is 0 Å². The third kappa shape index (κ3) is 5.57.